The molecule has 176 valence electrons. The standard InChI is InChI=1S/C21H24F3N7O2/c1-32-17-9-18-26-11-16(31(18)29-21(17)30-4-6-33-7-5-30)19-13(23)8-14(24)20(28-19)27-15-10-25-3-2-12(15)22/h8-9,11-12,15,25H,2-7,10H2,1H3,(H,27,28). The van der Waals surface area contributed by atoms with Crippen molar-refractivity contribution < 1.29 is 22.6 Å². The van der Waals surface area contributed by atoms with Crippen molar-refractivity contribution in [1.82, 2.24) is 24.9 Å². The fourth-order valence-corrected chi connectivity index (χ4v) is 4.09. The molecule has 0 saturated carbocycles. The molecule has 2 aliphatic rings. The topological polar surface area (TPSA) is 88.8 Å². The number of rotatable bonds is 5. The van der Waals surface area contributed by atoms with Crippen molar-refractivity contribution >= 4 is 17.3 Å². The van der Waals surface area contributed by atoms with Crippen molar-refractivity contribution in [1.29, 1.82) is 0 Å². The third-order valence-corrected chi connectivity index (χ3v) is 5.86. The molecule has 5 rings (SSSR count). The summed E-state index contributed by atoms with van der Waals surface area (Å²) in [5.74, 6) is -0.910. The number of morpholine rings is 1. The van der Waals surface area contributed by atoms with E-state index in [1.54, 1.807) is 13.2 Å². The van der Waals surface area contributed by atoms with E-state index in [1.807, 2.05) is 4.90 Å². The molecule has 2 unspecified atom stereocenters. The molecular formula is C21H24F3N7O2. The largest absolute Gasteiger partial charge is 0.493 e. The molecule has 0 aromatic carbocycles. The number of imidazole rings is 1. The van der Waals surface area contributed by atoms with Crippen LogP contribution >= 0.6 is 0 Å². The van der Waals surface area contributed by atoms with Crippen LogP contribution in [0.5, 0.6) is 5.75 Å². The number of halogens is 3. The lowest BCUT2D eigenvalue weighted by Crippen LogP contribution is -2.46. The van der Waals surface area contributed by atoms with E-state index in [-0.39, 0.29) is 17.2 Å². The van der Waals surface area contributed by atoms with E-state index in [4.69, 9.17) is 9.47 Å². The summed E-state index contributed by atoms with van der Waals surface area (Å²) in [4.78, 5) is 10.5. The molecule has 0 spiro atoms. The minimum absolute atomic E-state index is 0.142. The molecule has 33 heavy (non-hydrogen) atoms. The lowest BCUT2D eigenvalue weighted by Gasteiger charge is -2.28. The van der Waals surface area contributed by atoms with Gasteiger partial charge in [0.05, 0.1) is 32.6 Å². The second-order valence-electron chi connectivity index (χ2n) is 7.96. The molecule has 2 fully saturated rings. The molecular weight excluding hydrogens is 439 g/mol. The lowest BCUT2D eigenvalue weighted by atomic mass is 10.1. The molecule has 3 aromatic rings. The van der Waals surface area contributed by atoms with Gasteiger partial charge in [-0.3, -0.25) is 0 Å². The van der Waals surface area contributed by atoms with Crippen LogP contribution in [-0.4, -0.2) is 78.3 Å². The summed E-state index contributed by atoms with van der Waals surface area (Å²) in [6.45, 7) is 3.20. The Labute approximate surface area is 187 Å². The Hall–Kier alpha value is -3.12. The van der Waals surface area contributed by atoms with Gasteiger partial charge in [0.25, 0.3) is 0 Å². The zero-order valence-electron chi connectivity index (χ0n) is 18.0. The Balaban J connectivity index is 1.55. The molecule has 5 heterocycles. The van der Waals surface area contributed by atoms with Crippen LogP contribution in [0.2, 0.25) is 0 Å². The average Bonchev–Trinajstić information content (AvgIpc) is 3.24. The number of piperidine rings is 1. The highest BCUT2D eigenvalue weighted by Gasteiger charge is 2.27. The molecule has 0 aliphatic carbocycles. The van der Waals surface area contributed by atoms with Gasteiger partial charge in [-0.1, -0.05) is 0 Å². The average molecular weight is 463 g/mol. The third-order valence-electron chi connectivity index (χ3n) is 5.86. The molecule has 9 nitrogen and oxygen atoms in total. The van der Waals surface area contributed by atoms with E-state index in [2.05, 4.69) is 25.7 Å². The Morgan fingerprint density at radius 3 is 2.79 bits per heavy atom. The van der Waals surface area contributed by atoms with Gasteiger partial charge in [-0.05, 0) is 13.0 Å². The zero-order chi connectivity index (χ0) is 22.9. The van der Waals surface area contributed by atoms with Crippen molar-refractivity contribution in [3.8, 4) is 17.1 Å². The number of methoxy groups -OCH3 is 1. The number of pyridine rings is 1. The second kappa shape index (κ2) is 9.02. The van der Waals surface area contributed by atoms with Crippen molar-refractivity contribution in [3.05, 3.63) is 30.0 Å². The SMILES string of the molecule is COc1cc2ncc(-c3nc(NC4CNCCC4F)c(F)cc3F)n2nc1N1CCOCC1. The van der Waals surface area contributed by atoms with Gasteiger partial charge in [0.15, 0.2) is 34.7 Å². The molecule has 2 N–H and O–H groups in total. The summed E-state index contributed by atoms with van der Waals surface area (Å²) in [5, 5.41) is 10.5. The highest BCUT2D eigenvalue weighted by molar-refractivity contribution is 5.66. The van der Waals surface area contributed by atoms with E-state index in [9.17, 15) is 13.2 Å². The van der Waals surface area contributed by atoms with Gasteiger partial charge in [-0.25, -0.2) is 27.7 Å². The van der Waals surface area contributed by atoms with Crippen LogP contribution in [-0.2, 0) is 4.74 Å². The molecule has 3 aromatic heterocycles. The van der Waals surface area contributed by atoms with Crippen molar-refractivity contribution in [3.63, 3.8) is 0 Å². The number of alkyl halides is 1. The summed E-state index contributed by atoms with van der Waals surface area (Å²) in [6, 6.07) is 1.76. The van der Waals surface area contributed by atoms with Gasteiger partial charge in [0, 0.05) is 31.8 Å². The first-order valence-corrected chi connectivity index (χ1v) is 10.8. The normalized spacial score (nSPS) is 21.4. The molecule has 2 atom stereocenters. The fourth-order valence-electron chi connectivity index (χ4n) is 4.09. The minimum atomic E-state index is -1.16. The minimum Gasteiger partial charge on any atom is -0.493 e. The van der Waals surface area contributed by atoms with Gasteiger partial charge < -0.3 is 25.0 Å². The number of hydrogen-bond acceptors (Lipinski definition) is 8. The van der Waals surface area contributed by atoms with Crippen molar-refractivity contribution in [2.75, 3.05) is 56.7 Å². The Kier molecular flexibility index (Phi) is 5.94. The molecule has 0 radical (unpaired) electrons. The van der Waals surface area contributed by atoms with Crippen LogP contribution in [0.4, 0.5) is 24.8 Å². The van der Waals surface area contributed by atoms with Crippen LogP contribution in [0.1, 0.15) is 6.42 Å². The fraction of sp³-hybridized carbons (Fsp3) is 0.476. The van der Waals surface area contributed by atoms with Crippen molar-refractivity contribution in [2.24, 2.45) is 0 Å². The summed E-state index contributed by atoms with van der Waals surface area (Å²) in [6.07, 6.45) is 0.552. The van der Waals surface area contributed by atoms with E-state index in [0.717, 1.165) is 6.07 Å². The number of nitrogens with one attached hydrogen (secondary N) is 2. The summed E-state index contributed by atoms with van der Waals surface area (Å²) >= 11 is 0. The third kappa shape index (κ3) is 4.15. The number of hydrogen-bond donors (Lipinski definition) is 2. The van der Waals surface area contributed by atoms with E-state index in [0.29, 0.717) is 63.0 Å². The highest BCUT2D eigenvalue weighted by atomic mass is 19.1. The van der Waals surface area contributed by atoms with Gasteiger partial charge in [-0.15, -0.1) is 5.10 Å². The molecule has 2 saturated heterocycles. The highest BCUT2D eigenvalue weighted by Crippen LogP contribution is 2.31. The summed E-state index contributed by atoms with van der Waals surface area (Å²) < 4.78 is 55.9. The first-order chi connectivity index (χ1) is 16.0. The first kappa shape index (κ1) is 21.7. The predicted octanol–water partition coefficient (Wildman–Crippen LogP) is 2.03. The number of fused-ring (bicyclic) bond motifs is 1. The maximum absolute atomic E-state index is 14.8. The number of aromatic nitrogens is 4. The lowest BCUT2D eigenvalue weighted by molar-refractivity contribution is 0.122. The van der Waals surface area contributed by atoms with Crippen LogP contribution in [0.3, 0.4) is 0 Å². The van der Waals surface area contributed by atoms with E-state index >= 15 is 0 Å². The maximum Gasteiger partial charge on any atom is 0.192 e. The summed E-state index contributed by atoms with van der Waals surface area (Å²) in [7, 11) is 1.54. The Morgan fingerprint density at radius 1 is 1.21 bits per heavy atom. The number of ether oxygens (including phenoxy) is 2. The quantitative estimate of drug-likeness (QED) is 0.594. The van der Waals surface area contributed by atoms with Crippen LogP contribution in [0, 0.1) is 11.6 Å². The summed E-state index contributed by atoms with van der Waals surface area (Å²) in [5.41, 5.74) is 0.511. The van der Waals surface area contributed by atoms with Crippen LogP contribution in [0.25, 0.3) is 17.0 Å². The van der Waals surface area contributed by atoms with Gasteiger partial charge in [-0.2, -0.15) is 0 Å². The molecule has 0 bridgehead atoms. The van der Waals surface area contributed by atoms with E-state index < -0.39 is 23.8 Å². The number of nitrogens with zero attached hydrogens (tertiary/aromatic N) is 5. The molecule has 12 heteroatoms. The van der Waals surface area contributed by atoms with Crippen molar-refractivity contribution in [2.45, 2.75) is 18.6 Å². The monoisotopic (exact) mass is 463 g/mol. The van der Waals surface area contributed by atoms with Crippen LogP contribution in [0.15, 0.2) is 18.3 Å². The van der Waals surface area contributed by atoms with E-state index in [1.165, 1.54) is 10.7 Å². The van der Waals surface area contributed by atoms with Gasteiger partial charge in [0.2, 0.25) is 0 Å². The smallest absolute Gasteiger partial charge is 0.192 e. The van der Waals surface area contributed by atoms with Crippen LogP contribution < -0.4 is 20.3 Å². The maximum atomic E-state index is 14.8. The first-order valence-electron chi connectivity index (χ1n) is 10.8. The van der Waals surface area contributed by atoms with Gasteiger partial charge >= 0.3 is 0 Å². The Bertz CT molecular complexity index is 1150. The molecule has 0 amide bonds. The predicted molar refractivity (Wildman–Crippen MR) is 116 cm³/mol. The second-order valence-corrected chi connectivity index (χ2v) is 7.96. The number of anilines is 2. The molecule has 2 aliphatic heterocycles. The van der Waals surface area contributed by atoms with Gasteiger partial charge in [0.1, 0.15) is 17.6 Å². The Morgan fingerprint density at radius 2 is 2.03 bits per heavy atom. The zero-order valence-corrected chi connectivity index (χ0v) is 18.0.